The Morgan fingerprint density at radius 1 is 1.15 bits per heavy atom. The van der Waals surface area contributed by atoms with Crippen molar-refractivity contribution in [3.63, 3.8) is 0 Å². The molecule has 0 spiro atoms. The van der Waals surface area contributed by atoms with E-state index in [0.29, 0.717) is 24.7 Å². The monoisotopic (exact) mass is 352 g/mol. The number of nitrogens with zero attached hydrogens (tertiary/aromatic N) is 3. The molecule has 1 aromatic heterocycles. The zero-order valence-electron chi connectivity index (χ0n) is 14.9. The molecule has 136 valence electrons. The van der Waals surface area contributed by atoms with Gasteiger partial charge in [-0.25, -0.2) is 4.98 Å². The SMILES string of the molecule is O=C(c1cccc(-c2ncc[nH]2)c1)N1CCN(C2CCCCC2)C(=O)C1. The van der Waals surface area contributed by atoms with Crippen LogP contribution in [0, 0.1) is 0 Å². The van der Waals surface area contributed by atoms with Gasteiger partial charge in [0.25, 0.3) is 5.91 Å². The van der Waals surface area contributed by atoms with Gasteiger partial charge < -0.3 is 14.8 Å². The van der Waals surface area contributed by atoms with E-state index in [2.05, 4.69) is 9.97 Å². The van der Waals surface area contributed by atoms with Crippen molar-refractivity contribution in [3.05, 3.63) is 42.2 Å². The van der Waals surface area contributed by atoms with Crippen molar-refractivity contribution in [1.82, 2.24) is 19.8 Å². The predicted molar refractivity (Wildman–Crippen MR) is 98.5 cm³/mol. The molecule has 1 aromatic carbocycles. The Hall–Kier alpha value is -2.63. The maximum atomic E-state index is 12.9. The normalized spacial score (nSPS) is 19.0. The maximum Gasteiger partial charge on any atom is 0.254 e. The first-order chi connectivity index (χ1) is 12.7. The van der Waals surface area contributed by atoms with E-state index >= 15 is 0 Å². The second-order valence-electron chi connectivity index (χ2n) is 7.12. The summed E-state index contributed by atoms with van der Waals surface area (Å²) in [6.07, 6.45) is 9.33. The highest BCUT2D eigenvalue weighted by molar-refractivity contribution is 5.98. The molecular formula is C20H24N4O2. The van der Waals surface area contributed by atoms with E-state index in [-0.39, 0.29) is 18.4 Å². The highest BCUT2D eigenvalue weighted by Gasteiger charge is 2.32. The quantitative estimate of drug-likeness (QED) is 0.923. The molecule has 2 fully saturated rings. The number of piperazine rings is 1. The van der Waals surface area contributed by atoms with Gasteiger partial charge in [0.2, 0.25) is 5.91 Å². The third-order valence-electron chi connectivity index (χ3n) is 5.44. The molecule has 4 rings (SSSR count). The molecule has 1 aliphatic carbocycles. The molecule has 2 aliphatic rings. The number of hydrogen-bond donors (Lipinski definition) is 1. The number of nitrogens with one attached hydrogen (secondary N) is 1. The Kier molecular flexibility index (Phi) is 4.73. The summed E-state index contributed by atoms with van der Waals surface area (Å²) in [5.74, 6) is 0.728. The van der Waals surface area contributed by atoms with Gasteiger partial charge >= 0.3 is 0 Å². The fourth-order valence-electron chi connectivity index (χ4n) is 4.04. The van der Waals surface area contributed by atoms with Gasteiger partial charge in [-0.1, -0.05) is 31.4 Å². The Labute approximate surface area is 153 Å². The largest absolute Gasteiger partial charge is 0.345 e. The average molecular weight is 352 g/mol. The Morgan fingerprint density at radius 2 is 2.00 bits per heavy atom. The number of carbonyl (C=O) groups excluding carboxylic acids is 2. The van der Waals surface area contributed by atoms with Crippen molar-refractivity contribution in [3.8, 4) is 11.4 Å². The van der Waals surface area contributed by atoms with Crippen LogP contribution in [0.25, 0.3) is 11.4 Å². The Morgan fingerprint density at radius 3 is 2.73 bits per heavy atom. The molecular weight excluding hydrogens is 328 g/mol. The zero-order valence-corrected chi connectivity index (χ0v) is 14.9. The van der Waals surface area contributed by atoms with Gasteiger partial charge in [-0.2, -0.15) is 0 Å². The summed E-state index contributed by atoms with van der Waals surface area (Å²) in [6, 6.07) is 7.77. The molecule has 0 bridgehead atoms. The van der Waals surface area contributed by atoms with Gasteiger partial charge in [-0.15, -0.1) is 0 Å². The number of hydrogen-bond acceptors (Lipinski definition) is 3. The number of amides is 2. The fraction of sp³-hybridized carbons (Fsp3) is 0.450. The predicted octanol–water partition coefficient (Wildman–Crippen LogP) is 2.69. The summed E-state index contributed by atoms with van der Waals surface area (Å²) in [7, 11) is 0. The molecule has 0 unspecified atom stereocenters. The first-order valence-corrected chi connectivity index (χ1v) is 9.41. The number of rotatable bonds is 3. The van der Waals surface area contributed by atoms with E-state index in [1.165, 1.54) is 19.3 Å². The molecule has 1 aliphatic heterocycles. The van der Waals surface area contributed by atoms with Crippen LogP contribution in [0.15, 0.2) is 36.7 Å². The van der Waals surface area contributed by atoms with Gasteiger partial charge in [0.05, 0.1) is 0 Å². The minimum absolute atomic E-state index is 0.0821. The number of imidazole rings is 1. The van der Waals surface area contributed by atoms with Gasteiger partial charge in [0.15, 0.2) is 0 Å². The number of aromatic nitrogens is 2. The summed E-state index contributed by atoms with van der Waals surface area (Å²) in [5, 5.41) is 0. The van der Waals surface area contributed by atoms with Crippen LogP contribution >= 0.6 is 0 Å². The summed E-state index contributed by atoms with van der Waals surface area (Å²) in [4.78, 5) is 36.4. The van der Waals surface area contributed by atoms with E-state index in [0.717, 1.165) is 24.2 Å². The van der Waals surface area contributed by atoms with Crippen molar-refractivity contribution >= 4 is 11.8 Å². The minimum Gasteiger partial charge on any atom is -0.345 e. The molecule has 2 aromatic rings. The van der Waals surface area contributed by atoms with Gasteiger partial charge in [-0.3, -0.25) is 9.59 Å². The average Bonchev–Trinajstić information content (AvgIpc) is 3.23. The minimum atomic E-state index is -0.0879. The molecule has 0 atom stereocenters. The third kappa shape index (κ3) is 3.36. The second-order valence-corrected chi connectivity index (χ2v) is 7.12. The number of carbonyl (C=O) groups is 2. The highest BCUT2D eigenvalue weighted by atomic mass is 16.2. The molecule has 26 heavy (non-hydrogen) atoms. The lowest BCUT2D eigenvalue weighted by Crippen LogP contribution is -2.55. The number of aromatic amines is 1. The van der Waals surface area contributed by atoms with Gasteiger partial charge in [-0.05, 0) is 25.0 Å². The van der Waals surface area contributed by atoms with Crippen LogP contribution in [-0.4, -0.2) is 57.3 Å². The van der Waals surface area contributed by atoms with E-state index in [1.807, 2.05) is 23.1 Å². The van der Waals surface area contributed by atoms with E-state index < -0.39 is 0 Å². The van der Waals surface area contributed by atoms with Crippen molar-refractivity contribution in [2.45, 2.75) is 38.1 Å². The van der Waals surface area contributed by atoms with Crippen LogP contribution < -0.4 is 0 Å². The lowest BCUT2D eigenvalue weighted by Gasteiger charge is -2.40. The van der Waals surface area contributed by atoms with Crippen LogP contribution in [0.3, 0.4) is 0 Å². The van der Waals surface area contributed by atoms with Crippen molar-refractivity contribution < 1.29 is 9.59 Å². The Balaban J connectivity index is 1.45. The van der Waals surface area contributed by atoms with Gasteiger partial charge in [0.1, 0.15) is 12.4 Å². The third-order valence-corrected chi connectivity index (χ3v) is 5.44. The first-order valence-electron chi connectivity index (χ1n) is 9.41. The van der Waals surface area contributed by atoms with E-state index in [9.17, 15) is 9.59 Å². The van der Waals surface area contributed by atoms with Crippen molar-refractivity contribution in [2.24, 2.45) is 0 Å². The first kappa shape index (κ1) is 16.8. The standard InChI is InChI=1S/C20H24N4O2/c25-18-14-23(11-12-24(18)17-7-2-1-3-8-17)20(26)16-6-4-5-15(13-16)19-21-9-10-22-19/h4-6,9-10,13,17H,1-3,7-8,11-12,14H2,(H,21,22). The molecule has 6 heteroatoms. The van der Waals surface area contributed by atoms with Crippen LogP contribution in [-0.2, 0) is 4.79 Å². The van der Waals surface area contributed by atoms with Crippen molar-refractivity contribution in [2.75, 3.05) is 19.6 Å². The topological polar surface area (TPSA) is 69.3 Å². The molecule has 0 radical (unpaired) electrons. The summed E-state index contributed by atoms with van der Waals surface area (Å²) in [5.41, 5.74) is 1.46. The van der Waals surface area contributed by atoms with Crippen molar-refractivity contribution in [1.29, 1.82) is 0 Å². The molecule has 1 saturated heterocycles. The Bertz CT molecular complexity index is 781. The molecule has 1 saturated carbocycles. The van der Waals surface area contributed by atoms with Crippen LogP contribution in [0.1, 0.15) is 42.5 Å². The molecule has 6 nitrogen and oxygen atoms in total. The van der Waals surface area contributed by atoms with Gasteiger partial charge in [0, 0.05) is 42.7 Å². The zero-order chi connectivity index (χ0) is 17.9. The number of H-pyrrole nitrogens is 1. The smallest absolute Gasteiger partial charge is 0.254 e. The lowest BCUT2D eigenvalue weighted by atomic mass is 9.93. The molecule has 2 heterocycles. The van der Waals surface area contributed by atoms with Crippen LogP contribution in [0.5, 0.6) is 0 Å². The highest BCUT2D eigenvalue weighted by Crippen LogP contribution is 2.24. The summed E-state index contributed by atoms with van der Waals surface area (Å²) >= 11 is 0. The van der Waals surface area contributed by atoms with Crippen LogP contribution in [0.2, 0.25) is 0 Å². The molecule has 2 amide bonds. The lowest BCUT2D eigenvalue weighted by molar-refractivity contribution is -0.138. The molecule has 1 N–H and O–H groups in total. The summed E-state index contributed by atoms with van der Waals surface area (Å²) in [6.45, 7) is 1.43. The fourth-order valence-corrected chi connectivity index (χ4v) is 4.04. The van der Waals surface area contributed by atoms with E-state index in [1.54, 1.807) is 23.4 Å². The number of benzene rings is 1. The maximum absolute atomic E-state index is 12.9. The summed E-state index contributed by atoms with van der Waals surface area (Å²) < 4.78 is 0. The van der Waals surface area contributed by atoms with E-state index in [4.69, 9.17) is 0 Å². The second kappa shape index (κ2) is 7.32. The van der Waals surface area contributed by atoms with Crippen LogP contribution in [0.4, 0.5) is 0 Å².